The molecule has 6 heteroatoms. The van der Waals surface area contributed by atoms with Crippen LogP contribution in [0.2, 0.25) is 0 Å². The molecule has 0 spiro atoms. The summed E-state index contributed by atoms with van der Waals surface area (Å²) in [6.07, 6.45) is 0.552. The summed E-state index contributed by atoms with van der Waals surface area (Å²) in [6.45, 7) is 11.8. The third kappa shape index (κ3) is 7.31. The fourth-order valence-corrected chi connectivity index (χ4v) is 2.75. The minimum absolute atomic E-state index is 0.0143. The molecule has 0 aliphatic heterocycles. The molecule has 0 fully saturated rings. The number of carbonyl (C=O) groups is 2. The zero-order valence-electron chi connectivity index (χ0n) is 17.4. The normalized spacial score (nSPS) is 12.3. The molecular formula is C21H34N2O4. The molecule has 1 aromatic carbocycles. The number of rotatable bonds is 11. The number of aliphatic hydroxyl groups is 1. The highest BCUT2D eigenvalue weighted by atomic mass is 16.5. The number of benzene rings is 1. The Morgan fingerprint density at radius 1 is 1.22 bits per heavy atom. The topological polar surface area (TPSA) is 78.9 Å². The molecule has 27 heavy (non-hydrogen) atoms. The van der Waals surface area contributed by atoms with Gasteiger partial charge in [-0.25, -0.2) is 0 Å². The lowest BCUT2D eigenvalue weighted by molar-refractivity contribution is -0.119. The number of anilines is 1. The number of Topliss-reactive ketones (excluding diaryl/α,β-unsaturated/α-hetero) is 1. The molecule has 0 aromatic heterocycles. The standard InChI is InChI=1S/C21H34N2O4/c1-7-8-21(26)23(15(4)5)17-9-10-20(19(11-17)16(6)24)27-13-18(25)12-22-14(2)3/h9-11,14-15,18,22,25H,7-8,12-13H2,1-6H3. The summed E-state index contributed by atoms with van der Waals surface area (Å²) < 4.78 is 5.68. The Balaban J connectivity index is 2.99. The summed E-state index contributed by atoms with van der Waals surface area (Å²) in [5.41, 5.74) is 1.09. The van der Waals surface area contributed by atoms with Gasteiger partial charge in [-0.05, 0) is 45.4 Å². The average molecular weight is 379 g/mol. The number of aliphatic hydroxyl groups excluding tert-OH is 1. The van der Waals surface area contributed by atoms with E-state index in [1.165, 1.54) is 6.92 Å². The minimum Gasteiger partial charge on any atom is -0.490 e. The molecule has 2 N–H and O–H groups in total. The first-order valence-corrected chi connectivity index (χ1v) is 9.68. The highest BCUT2D eigenvalue weighted by Gasteiger charge is 2.21. The van der Waals surface area contributed by atoms with Crippen LogP contribution in [0, 0.1) is 0 Å². The van der Waals surface area contributed by atoms with Crippen LogP contribution in [0.5, 0.6) is 5.75 Å². The van der Waals surface area contributed by atoms with E-state index < -0.39 is 6.10 Å². The Labute approximate surface area is 162 Å². The van der Waals surface area contributed by atoms with Crippen LogP contribution in [-0.4, -0.2) is 48.1 Å². The third-order valence-corrected chi connectivity index (χ3v) is 4.06. The number of carbonyl (C=O) groups excluding carboxylic acids is 2. The summed E-state index contributed by atoms with van der Waals surface area (Å²) in [5.74, 6) is 0.306. The zero-order chi connectivity index (χ0) is 20.6. The van der Waals surface area contributed by atoms with Gasteiger partial charge in [-0.3, -0.25) is 9.59 Å². The average Bonchev–Trinajstić information content (AvgIpc) is 2.58. The van der Waals surface area contributed by atoms with Gasteiger partial charge in [0, 0.05) is 30.7 Å². The van der Waals surface area contributed by atoms with E-state index in [-0.39, 0.29) is 30.4 Å². The molecule has 0 radical (unpaired) electrons. The van der Waals surface area contributed by atoms with E-state index in [2.05, 4.69) is 5.32 Å². The molecule has 0 saturated carbocycles. The van der Waals surface area contributed by atoms with Gasteiger partial charge in [0.2, 0.25) is 5.91 Å². The van der Waals surface area contributed by atoms with Crippen LogP contribution in [0.1, 0.15) is 64.7 Å². The molecule has 0 aliphatic rings. The number of amides is 1. The van der Waals surface area contributed by atoms with Crippen molar-refractivity contribution in [2.24, 2.45) is 0 Å². The molecule has 0 bridgehead atoms. The van der Waals surface area contributed by atoms with Crippen LogP contribution in [0.15, 0.2) is 18.2 Å². The van der Waals surface area contributed by atoms with E-state index >= 15 is 0 Å². The van der Waals surface area contributed by atoms with E-state index in [0.717, 1.165) is 6.42 Å². The van der Waals surface area contributed by atoms with E-state index in [1.807, 2.05) is 34.6 Å². The minimum atomic E-state index is -0.676. The lowest BCUT2D eigenvalue weighted by Crippen LogP contribution is -2.37. The van der Waals surface area contributed by atoms with Crippen molar-refractivity contribution in [2.75, 3.05) is 18.1 Å². The Kier molecular flexibility index (Phi) is 9.46. The first kappa shape index (κ1) is 23.1. The second-order valence-electron chi connectivity index (χ2n) is 7.37. The van der Waals surface area contributed by atoms with Crippen molar-refractivity contribution in [2.45, 2.75) is 72.6 Å². The second kappa shape index (κ2) is 11.0. The molecule has 0 saturated heterocycles. The summed E-state index contributed by atoms with van der Waals surface area (Å²) >= 11 is 0. The van der Waals surface area contributed by atoms with Gasteiger partial charge in [0.05, 0.1) is 5.56 Å². The zero-order valence-corrected chi connectivity index (χ0v) is 17.4. The van der Waals surface area contributed by atoms with Crippen molar-refractivity contribution in [3.8, 4) is 5.75 Å². The van der Waals surface area contributed by atoms with Crippen molar-refractivity contribution in [3.05, 3.63) is 23.8 Å². The van der Waals surface area contributed by atoms with Crippen molar-refractivity contribution in [1.82, 2.24) is 5.32 Å². The van der Waals surface area contributed by atoms with Crippen LogP contribution in [0.25, 0.3) is 0 Å². The lowest BCUT2D eigenvalue weighted by atomic mass is 10.1. The molecule has 6 nitrogen and oxygen atoms in total. The number of hydrogen-bond acceptors (Lipinski definition) is 5. The summed E-state index contributed by atoms with van der Waals surface area (Å²) in [5, 5.41) is 13.1. The van der Waals surface area contributed by atoms with Crippen LogP contribution in [0.3, 0.4) is 0 Å². The Morgan fingerprint density at radius 2 is 1.89 bits per heavy atom. The van der Waals surface area contributed by atoms with Gasteiger partial charge in [0.15, 0.2) is 5.78 Å². The quantitative estimate of drug-likeness (QED) is 0.578. The van der Waals surface area contributed by atoms with E-state index in [1.54, 1.807) is 23.1 Å². The molecule has 0 heterocycles. The molecule has 0 aliphatic carbocycles. The van der Waals surface area contributed by atoms with Gasteiger partial charge in [-0.1, -0.05) is 20.8 Å². The van der Waals surface area contributed by atoms with Crippen LogP contribution in [-0.2, 0) is 4.79 Å². The molecule has 1 amide bonds. The Morgan fingerprint density at radius 3 is 2.41 bits per heavy atom. The Bertz CT molecular complexity index is 629. The largest absolute Gasteiger partial charge is 0.490 e. The monoisotopic (exact) mass is 378 g/mol. The number of ether oxygens (including phenoxy) is 1. The summed E-state index contributed by atoms with van der Waals surface area (Å²) in [7, 11) is 0. The van der Waals surface area contributed by atoms with Gasteiger partial charge in [-0.2, -0.15) is 0 Å². The number of ketones is 1. The smallest absolute Gasteiger partial charge is 0.227 e. The van der Waals surface area contributed by atoms with Crippen LogP contribution in [0.4, 0.5) is 5.69 Å². The Hall–Kier alpha value is -1.92. The fraction of sp³-hybridized carbons (Fsp3) is 0.619. The van der Waals surface area contributed by atoms with Gasteiger partial charge in [0.1, 0.15) is 18.5 Å². The van der Waals surface area contributed by atoms with E-state index in [4.69, 9.17) is 4.74 Å². The molecule has 1 unspecified atom stereocenters. The second-order valence-corrected chi connectivity index (χ2v) is 7.37. The lowest BCUT2D eigenvalue weighted by Gasteiger charge is -2.27. The van der Waals surface area contributed by atoms with Crippen molar-refractivity contribution in [3.63, 3.8) is 0 Å². The maximum atomic E-state index is 12.5. The van der Waals surface area contributed by atoms with E-state index in [0.29, 0.717) is 30.0 Å². The highest BCUT2D eigenvalue weighted by Crippen LogP contribution is 2.28. The molecule has 152 valence electrons. The highest BCUT2D eigenvalue weighted by molar-refractivity contribution is 6.00. The summed E-state index contributed by atoms with van der Waals surface area (Å²) in [6, 6.07) is 5.44. The maximum absolute atomic E-state index is 12.5. The first-order valence-electron chi connectivity index (χ1n) is 9.68. The predicted molar refractivity (Wildman–Crippen MR) is 109 cm³/mol. The number of nitrogens with one attached hydrogen (secondary N) is 1. The van der Waals surface area contributed by atoms with Gasteiger partial charge < -0.3 is 20.1 Å². The van der Waals surface area contributed by atoms with Crippen molar-refractivity contribution >= 4 is 17.4 Å². The SMILES string of the molecule is CCCC(=O)N(c1ccc(OCC(O)CNC(C)C)c(C(C)=O)c1)C(C)C. The molecular weight excluding hydrogens is 344 g/mol. The molecule has 1 aromatic rings. The van der Waals surface area contributed by atoms with Crippen molar-refractivity contribution < 1.29 is 19.4 Å². The molecule has 1 atom stereocenters. The fourth-order valence-electron chi connectivity index (χ4n) is 2.75. The van der Waals surface area contributed by atoms with Crippen LogP contribution < -0.4 is 15.0 Å². The molecule has 1 rings (SSSR count). The first-order chi connectivity index (χ1) is 12.7. The third-order valence-electron chi connectivity index (χ3n) is 4.06. The van der Waals surface area contributed by atoms with Crippen molar-refractivity contribution in [1.29, 1.82) is 0 Å². The van der Waals surface area contributed by atoms with Gasteiger partial charge in [-0.15, -0.1) is 0 Å². The van der Waals surface area contributed by atoms with Gasteiger partial charge in [0.25, 0.3) is 0 Å². The van der Waals surface area contributed by atoms with E-state index in [9.17, 15) is 14.7 Å². The van der Waals surface area contributed by atoms with Gasteiger partial charge >= 0.3 is 0 Å². The predicted octanol–water partition coefficient (Wildman–Crippen LogP) is 3.17. The van der Waals surface area contributed by atoms with Crippen LogP contribution >= 0.6 is 0 Å². The number of nitrogens with zero attached hydrogens (tertiary/aromatic N) is 1. The summed E-state index contributed by atoms with van der Waals surface area (Å²) in [4.78, 5) is 26.3. The number of hydrogen-bond donors (Lipinski definition) is 2. The maximum Gasteiger partial charge on any atom is 0.227 e.